The fourth-order valence-corrected chi connectivity index (χ4v) is 2.14. The van der Waals surface area contributed by atoms with Crippen molar-refractivity contribution in [1.29, 1.82) is 0 Å². The Balaban J connectivity index is 1.83. The summed E-state index contributed by atoms with van der Waals surface area (Å²) < 4.78 is 1.31. The molecule has 9 heteroatoms. The van der Waals surface area contributed by atoms with Crippen LogP contribution in [-0.4, -0.2) is 20.6 Å². The van der Waals surface area contributed by atoms with Gasteiger partial charge in [0.15, 0.2) is 0 Å². The maximum absolute atomic E-state index is 11.7. The van der Waals surface area contributed by atoms with E-state index in [1.54, 1.807) is 35.5 Å². The Morgan fingerprint density at radius 3 is 2.43 bits per heavy atom. The number of carboxylic acid groups (broad SMARTS) is 1. The third kappa shape index (κ3) is 3.14. The van der Waals surface area contributed by atoms with Crippen molar-refractivity contribution in [3.63, 3.8) is 0 Å². The van der Waals surface area contributed by atoms with E-state index in [9.17, 15) is 14.4 Å². The molecule has 1 aromatic heterocycles. The first-order chi connectivity index (χ1) is 11.0. The molecular weight excluding hydrogens is 302 g/mol. The van der Waals surface area contributed by atoms with Gasteiger partial charge in [0, 0.05) is 18.5 Å². The number of hydrazine groups is 2. The van der Waals surface area contributed by atoms with Crippen LogP contribution in [0.4, 0.5) is 5.69 Å². The molecule has 1 aromatic carbocycles. The van der Waals surface area contributed by atoms with E-state index < -0.39 is 17.2 Å². The van der Waals surface area contributed by atoms with Gasteiger partial charge in [-0.1, -0.05) is 0 Å². The molecule has 0 unspecified atom stereocenters. The average Bonchev–Trinajstić information content (AvgIpc) is 2.95. The number of aromatic amines is 1. The van der Waals surface area contributed by atoms with Gasteiger partial charge in [-0.05, 0) is 24.3 Å². The van der Waals surface area contributed by atoms with Crippen LogP contribution < -0.4 is 27.2 Å². The lowest BCUT2D eigenvalue weighted by Gasteiger charge is -2.15. The molecule has 2 heterocycles. The molecule has 4 N–H and O–H groups in total. The van der Waals surface area contributed by atoms with Crippen LogP contribution in [0.15, 0.2) is 58.0 Å². The highest BCUT2D eigenvalue weighted by molar-refractivity contribution is 5.70. The van der Waals surface area contributed by atoms with E-state index in [1.165, 1.54) is 16.8 Å². The van der Waals surface area contributed by atoms with E-state index in [4.69, 9.17) is 5.11 Å². The topological polar surface area (TPSA) is 119 Å². The lowest BCUT2D eigenvalue weighted by atomic mass is 10.2. The summed E-state index contributed by atoms with van der Waals surface area (Å²) in [7, 11) is 0. The Hall–Kier alpha value is -3.33. The number of benzene rings is 1. The van der Waals surface area contributed by atoms with Gasteiger partial charge in [-0.15, -0.1) is 5.53 Å². The van der Waals surface area contributed by atoms with Crippen molar-refractivity contribution in [2.24, 2.45) is 0 Å². The number of rotatable bonds is 4. The summed E-state index contributed by atoms with van der Waals surface area (Å²) in [5.74, 6) is -0.930. The van der Waals surface area contributed by atoms with Crippen LogP contribution in [-0.2, 0) is 4.79 Å². The van der Waals surface area contributed by atoms with Crippen molar-refractivity contribution in [1.82, 2.24) is 20.5 Å². The minimum Gasteiger partial charge on any atom is -0.481 e. The van der Waals surface area contributed by atoms with Crippen LogP contribution in [0, 0.1) is 0 Å². The largest absolute Gasteiger partial charge is 0.481 e. The standard InChI is InChI=1S/C14H13N5O4/c20-12-5-6-18(14(23)15-12)10-1-3-11(4-2-10)19-8-9(16-17-19)7-13(21)22/h1-6,8,16-17H,7H2,(H,21,22)(H,15,20,23). The molecular formula is C14H13N5O4. The van der Waals surface area contributed by atoms with Crippen molar-refractivity contribution >= 4 is 11.7 Å². The second-order valence-corrected chi connectivity index (χ2v) is 4.83. The number of hydrogen-bond donors (Lipinski definition) is 4. The maximum atomic E-state index is 11.7. The first kappa shape index (κ1) is 14.6. The van der Waals surface area contributed by atoms with Crippen molar-refractivity contribution < 1.29 is 9.90 Å². The molecule has 0 fully saturated rings. The number of hydrogen-bond acceptors (Lipinski definition) is 6. The van der Waals surface area contributed by atoms with Crippen molar-refractivity contribution in [2.75, 3.05) is 5.01 Å². The predicted octanol–water partition coefficient (Wildman–Crippen LogP) is -0.329. The number of nitrogens with one attached hydrogen (secondary N) is 3. The van der Waals surface area contributed by atoms with Crippen LogP contribution in [0.25, 0.3) is 5.69 Å². The molecule has 2 aromatic rings. The Bertz CT molecular complexity index is 881. The first-order valence-electron chi connectivity index (χ1n) is 6.69. The molecule has 0 bridgehead atoms. The zero-order valence-electron chi connectivity index (χ0n) is 11.8. The summed E-state index contributed by atoms with van der Waals surface area (Å²) in [6, 6.07) is 8.19. The summed E-state index contributed by atoms with van der Waals surface area (Å²) in [4.78, 5) is 35.7. The lowest BCUT2D eigenvalue weighted by Crippen LogP contribution is -2.36. The summed E-state index contributed by atoms with van der Waals surface area (Å²) in [6.07, 6.45) is 2.92. The van der Waals surface area contributed by atoms with E-state index in [-0.39, 0.29) is 6.42 Å². The Kier molecular flexibility index (Phi) is 3.69. The zero-order valence-corrected chi connectivity index (χ0v) is 11.8. The molecule has 23 heavy (non-hydrogen) atoms. The number of nitrogens with zero attached hydrogens (tertiary/aromatic N) is 2. The number of anilines is 1. The summed E-state index contributed by atoms with van der Waals surface area (Å²) in [5, 5.41) is 10.4. The molecule has 0 saturated heterocycles. The monoisotopic (exact) mass is 315 g/mol. The normalized spacial score (nSPS) is 13.6. The second-order valence-electron chi connectivity index (χ2n) is 4.83. The van der Waals surface area contributed by atoms with Crippen LogP contribution in [0.3, 0.4) is 0 Å². The van der Waals surface area contributed by atoms with Crippen LogP contribution in [0.5, 0.6) is 0 Å². The molecule has 1 aliphatic rings. The molecule has 0 amide bonds. The highest BCUT2D eigenvalue weighted by atomic mass is 16.4. The lowest BCUT2D eigenvalue weighted by molar-refractivity contribution is -0.136. The van der Waals surface area contributed by atoms with Gasteiger partial charge in [0.05, 0.1) is 23.5 Å². The molecule has 118 valence electrons. The van der Waals surface area contributed by atoms with Gasteiger partial charge in [0.1, 0.15) is 0 Å². The van der Waals surface area contributed by atoms with E-state index in [1.807, 2.05) is 0 Å². The first-order valence-corrected chi connectivity index (χ1v) is 6.69. The van der Waals surface area contributed by atoms with Crippen LogP contribution >= 0.6 is 0 Å². The average molecular weight is 315 g/mol. The summed E-state index contributed by atoms with van der Waals surface area (Å²) >= 11 is 0. The van der Waals surface area contributed by atoms with Gasteiger partial charge < -0.3 is 10.5 Å². The summed E-state index contributed by atoms with van der Waals surface area (Å²) in [6.45, 7) is 0. The fourth-order valence-electron chi connectivity index (χ4n) is 2.14. The van der Waals surface area contributed by atoms with E-state index in [0.29, 0.717) is 11.4 Å². The predicted molar refractivity (Wildman–Crippen MR) is 81.7 cm³/mol. The van der Waals surface area contributed by atoms with Gasteiger partial charge in [-0.3, -0.25) is 24.1 Å². The van der Waals surface area contributed by atoms with Gasteiger partial charge in [-0.25, -0.2) is 4.79 Å². The third-order valence-corrected chi connectivity index (χ3v) is 3.19. The quantitative estimate of drug-likeness (QED) is 0.610. The van der Waals surface area contributed by atoms with Gasteiger partial charge >= 0.3 is 11.7 Å². The number of aromatic nitrogens is 2. The van der Waals surface area contributed by atoms with Crippen LogP contribution in [0.2, 0.25) is 0 Å². The van der Waals surface area contributed by atoms with Crippen molar-refractivity contribution in [3.8, 4) is 5.69 Å². The molecule has 3 rings (SSSR count). The minimum absolute atomic E-state index is 0.117. The number of carbonyl (C=O) groups is 1. The number of carboxylic acids is 1. The Labute approximate surface area is 129 Å². The zero-order chi connectivity index (χ0) is 16.4. The molecule has 1 aliphatic heterocycles. The van der Waals surface area contributed by atoms with Gasteiger partial charge in [0.2, 0.25) is 0 Å². The van der Waals surface area contributed by atoms with Crippen molar-refractivity contribution in [2.45, 2.75) is 6.42 Å². The molecule has 9 nitrogen and oxygen atoms in total. The van der Waals surface area contributed by atoms with E-state index >= 15 is 0 Å². The fraction of sp³-hybridized carbons (Fsp3) is 0.0714. The van der Waals surface area contributed by atoms with Crippen molar-refractivity contribution in [3.05, 3.63) is 69.3 Å². The van der Waals surface area contributed by atoms with E-state index in [2.05, 4.69) is 15.9 Å². The molecule has 0 atom stereocenters. The minimum atomic E-state index is -0.930. The molecule has 0 saturated carbocycles. The highest BCUT2D eigenvalue weighted by Gasteiger charge is 2.15. The number of aliphatic carboxylic acids is 1. The number of H-pyrrole nitrogens is 1. The summed E-state index contributed by atoms with van der Waals surface area (Å²) in [5.41, 5.74) is 6.48. The Morgan fingerprint density at radius 1 is 1.09 bits per heavy atom. The second kappa shape index (κ2) is 5.81. The smallest absolute Gasteiger partial charge is 0.332 e. The Morgan fingerprint density at radius 2 is 1.78 bits per heavy atom. The maximum Gasteiger partial charge on any atom is 0.332 e. The molecule has 0 aliphatic carbocycles. The van der Waals surface area contributed by atoms with Crippen LogP contribution in [0.1, 0.15) is 6.42 Å². The highest BCUT2D eigenvalue weighted by Crippen LogP contribution is 2.18. The van der Waals surface area contributed by atoms with Gasteiger partial charge in [-0.2, -0.15) is 0 Å². The van der Waals surface area contributed by atoms with E-state index in [0.717, 1.165) is 5.69 Å². The SMILES string of the molecule is O=C(O)CC1=CN(c2ccc(-n3ccc(=O)[nH]c3=O)cc2)NN1. The van der Waals surface area contributed by atoms with Gasteiger partial charge in [0.25, 0.3) is 5.56 Å². The third-order valence-electron chi connectivity index (χ3n) is 3.19. The molecule has 0 radical (unpaired) electrons. The molecule has 0 spiro atoms.